The van der Waals surface area contributed by atoms with Gasteiger partial charge in [0.2, 0.25) is 0 Å². The maximum Gasteiger partial charge on any atom is 0.325 e. The number of nitrogens with two attached hydrogens (primary N) is 1. The van der Waals surface area contributed by atoms with Crippen LogP contribution in [0.1, 0.15) is 17.2 Å². The van der Waals surface area contributed by atoms with Crippen LogP contribution in [-0.2, 0) is 4.79 Å². The molecule has 1 aromatic rings. The van der Waals surface area contributed by atoms with E-state index in [4.69, 9.17) is 16.1 Å². The Morgan fingerprint density at radius 2 is 2.29 bits per heavy atom. The second-order valence-corrected chi connectivity index (χ2v) is 3.52. The molecule has 1 aromatic carbocycles. The fourth-order valence-electron chi connectivity index (χ4n) is 0.982. The van der Waals surface area contributed by atoms with E-state index in [2.05, 4.69) is 15.9 Å². The molecule has 1 unspecified atom stereocenters. The lowest BCUT2D eigenvalue weighted by Gasteiger charge is -2.08. The van der Waals surface area contributed by atoms with Crippen LogP contribution >= 0.6 is 15.9 Å². The molecule has 1 atom stereocenters. The molecule has 1 rings (SSSR count). The summed E-state index contributed by atoms with van der Waals surface area (Å²) in [5.41, 5.74) is 6.33. The first-order valence-corrected chi connectivity index (χ1v) is 4.53. The predicted molar refractivity (Wildman–Crippen MR) is 53.4 cm³/mol. The normalized spacial score (nSPS) is 11.8. The van der Waals surface area contributed by atoms with Crippen molar-refractivity contribution < 1.29 is 9.90 Å². The molecule has 0 spiro atoms. The minimum Gasteiger partial charge on any atom is -0.480 e. The third-order valence-electron chi connectivity index (χ3n) is 1.73. The van der Waals surface area contributed by atoms with Crippen molar-refractivity contribution in [3.05, 3.63) is 33.8 Å². The van der Waals surface area contributed by atoms with Gasteiger partial charge in [-0.05, 0) is 17.7 Å². The number of rotatable bonds is 2. The van der Waals surface area contributed by atoms with Crippen LogP contribution in [0.2, 0.25) is 0 Å². The lowest BCUT2D eigenvalue weighted by Crippen LogP contribution is -2.21. The van der Waals surface area contributed by atoms with E-state index in [9.17, 15) is 4.79 Å². The van der Waals surface area contributed by atoms with Gasteiger partial charge in [-0.15, -0.1) is 0 Å². The van der Waals surface area contributed by atoms with Crippen molar-refractivity contribution in [3.63, 3.8) is 0 Å². The van der Waals surface area contributed by atoms with Crippen LogP contribution in [0.15, 0.2) is 22.7 Å². The van der Waals surface area contributed by atoms with E-state index >= 15 is 0 Å². The zero-order valence-electron chi connectivity index (χ0n) is 7.07. The molecule has 0 bridgehead atoms. The van der Waals surface area contributed by atoms with Crippen molar-refractivity contribution >= 4 is 21.9 Å². The highest BCUT2D eigenvalue weighted by molar-refractivity contribution is 9.10. The lowest BCUT2D eigenvalue weighted by molar-refractivity contribution is -0.138. The molecule has 0 radical (unpaired) electrons. The number of carboxylic acids is 1. The largest absolute Gasteiger partial charge is 0.480 e. The zero-order chi connectivity index (χ0) is 10.7. The smallest absolute Gasteiger partial charge is 0.325 e. The van der Waals surface area contributed by atoms with Gasteiger partial charge in [0.05, 0.1) is 11.6 Å². The average Bonchev–Trinajstić information content (AvgIpc) is 2.16. The number of carbonyl (C=O) groups is 1. The van der Waals surface area contributed by atoms with Gasteiger partial charge in [0.15, 0.2) is 0 Å². The summed E-state index contributed by atoms with van der Waals surface area (Å²) in [5, 5.41) is 17.3. The summed E-state index contributed by atoms with van der Waals surface area (Å²) < 4.78 is 0.534. The molecule has 5 heteroatoms. The number of nitrogens with zero attached hydrogens (tertiary/aromatic N) is 1. The molecule has 14 heavy (non-hydrogen) atoms. The van der Waals surface area contributed by atoms with Gasteiger partial charge in [-0.3, -0.25) is 4.79 Å². The second kappa shape index (κ2) is 4.22. The highest BCUT2D eigenvalue weighted by Gasteiger charge is 2.16. The van der Waals surface area contributed by atoms with Gasteiger partial charge in [-0.2, -0.15) is 5.26 Å². The van der Waals surface area contributed by atoms with Crippen molar-refractivity contribution in [2.24, 2.45) is 5.73 Å². The molecule has 0 aliphatic rings. The van der Waals surface area contributed by atoms with Gasteiger partial charge in [-0.1, -0.05) is 22.0 Å². The van der Waals surface area contributed by atoms with E-state index in [1.165, 1.54) is 18.2 Å². The van der Waals surface area contributed by atoms with Gasteiger partial charge in [-0.25, -0.2) is 0 Å². The first kappa shape index (κ1) is 10.7. The number of nitriles is 1. The summed E-state index contributed by atoms with van der Waals surface area (Å²) >= 11 is 3.16. The van der Waals surface area contributed by atoms with Crippen molar-refractivity contribution in [2.45, 2.75) is 6.04 Å². The molecule has 4 nitrogen and oxygen atoms in total. The van der Waals surface area contributed by atoms with E-state index in [-0.39, 0.29) is 0 Å². The third-order valence-corrected chi connectivity index (χ3v) is 2.42. The van der Waals surface area contributed by atoms with Crippen LogP contribution in [-0.4, -0.2) is 11.1 Å². The van der Waals surface area contributed by atoms with Crippen LogP contribution < -0.4 is 5.73 Å². The van der Waals surface area contributed by atoms with Gasteiger partial charge >= 0.3 is 5.97 Å². The summed E-state index contributed by atoms with van der Waals surface area (Å²) in [6.07, 6.45) is 0. The number of halogens is 1. The number of hydrogen-bond donors (Lipinski definition) is 2. The Morgan fingerprint density at radius 1 is 1.64 bits per heavy atom. The standard InChI is InChI=1S/C9H7BrN2O2/c10-7-3-5(4-11)1-2-6(7)8(12)9(13)14/h1-3,8H,12H2,(H,13,14). The number of hydrogen-bond acceptors (Lipinski definition) is 3. The van der Waals surface area contributed by atoms with Gasteiger partial charge in [0.1, 0.15) is 6.04 Å². The Kier molecular flexibility index (Phi) is 3.23. The number of carboxylic acid groups (broad SMARTS) is 1. The van der Waals surface area contributed by atoms with Gasteiger partial charge in [0.25, 0.3) is 0 Å². The minimum atomic E-state index is -1.10. The molecule has 0 aromatic heterocycles. The maximum absolute atomic E-state index is 10.6. The molecular formula is C9H7BrN2O2. The van der Waals surface area contributed by atoms with Crippen molar-refractivity contribution in [1.29, 1.82) is 5.26 Å². The Labute approximate surface area is 89.1 Å². The molecule has 3 N–H and O–H groups in total. The van der Waals surface area contributed by atoms with E-state index in [0.29, 0.717) is 15.6 Å². The van der Waals surface area contributed by atoms with E-state index in [0.717, 1.165) is 0 Å². The fourth-order valence-corrected chi connectivity index (χ4v) is 1.61. The van der Waals surface area contributed by atoms with Crippen LogP contribution in [0, 0.1) is 11.3 Å². The summed E-state index contributed by atoms with van der Waals surface area (Å²) in [5.74, 6) is -1.10. The first-order valence-electron chi connectivity index (χ1n) is 3.74. The Hall–Kier alpha value is -1.38. The Bertz CT molecular complexity index is 412. The molecule has 0 aliphatic heterocycles. The number of aliphatic carboxylic acids is 1. The first-order chi connectivity index (χ1) is 6.56. The molecule has 72 valence electrons. The molecular weight excluding hydrogens is 248 g/mol. The molecule has 0 aliphatic carbocycles. The quantitative estimate of drug-likeness (QED) is 0.836. The molecule has 0 saturated carbocycles. The van der Waals surface area contributed by atoms with E-state index in [1.54, 1.807) is 0 Å². The molecule has 0 heterocycles. The zero-order valence-corrected chi connectivity index (χ0v) is 8.65. The summed E-state index contributed by atoms with van der Waals surface area (Å²) in [4.78, 5) is 10.6. The topological polar surface area (TPSA) is 87.1 Å². The van der Waals surface area contributed by atoms with Crippen LogP contribution in [0.5, 0.6) is 0 Å². The van der Waals surface area contributed by atoms with E-state index in [1.807, 2.05) is 6.07 Å². The van der Waals surface area contributed by atoms with Gasteiger partial charge < -0.3 is 10.8 Å². The summed E-state index contributed by atoms with van der Waals surface area (Å²) in [6.45, 7) is 0. The molecule has 0 amide bonds. The van der Waals surface area contributed by atoms with Crippen LogP contribution in [0.25, 0.3) is 0 Å². The van der Waals surface area contributed by atoms with Gasteiger partial charge in [0, 0.05) is 4.47 Å². The summed E-state index contributed by atoms with van der Waals surface area (Å²) in [6, 6.07) is 5.47. The minimum absolute atomic E-state index is 0.455. The Balaban J connectivity index is 3.13. The van der Waals surface area contributed by atoms with Crippen molar-refractivity contribution in [3.8, 4) is 6.07 Å². The van der Waals surface area contributed by atoms with E-state index < -0.39 is 12.0 Å². The van der Waals surface area contributed by atoms with Crippen LogP contribution in [0.3, 0.4) is 0 Å². The SMILES string of the molecule is N#Cc1ccc(C(N)C(=O)O)c(Br)c1. The summed E-state index contributed by atoms with van der Waals surface area (Å²) in [7, 11) is 0. The average molecular weight is 255 g/mol. The van der Waals surface area contributed by atoms with Crippen molar-refractivity contribution in [2.75, 3.05) is 0 Å². The maximum atomic E-state index is 10.6. The van der Waals surface area contributed by atoms with Crippen LogP contribution in [0.4, 0.5) is 0 Å². The molecule has 0 fully saturated rings. The fraction of sp³-hybridized carbons (Fsp3) is 0.111. The number of benzene rings is 1. The predicted octanol–water partition coefficient (Wildman–Crippen LogP) is 1.41. The molecule has 0 saturated heterocycles. The monoisotopic (exact) mass is 254 g/mol. The third kappa shape index (κ3) is 2.10. The lowest BCUT2D eigenvalue weighted by atomic mass is 10.1. The highest BCUT2D eigenvalue weighted by atomic mass is 79.9. The second-order valence-electron chi connectivity index (χ2n) is 2.66. The van der Waals surface area contributed by atoms with Crippen molar-refractivity contribution in [1.82, 2.24) is 0 Å². The Morgan fingerprint density at radius 3 is 2.71 bits per heavy atom. The highest BCUT2D eigenvalue weighted by Crippen LogP contribution is 2.23.